The summed E-state index contributed by atoms with van der Waals surface area (Å²) in [5, 5.41) is 20.4. The average Bonchev–Trinajstić information content (AvgIpc) is 3.14. The van der Waals surface area contributed by atoms with Gasteiger partial charge in [0.1, 0.15) is 6.61 Å². The average molecular weight is 776 g/mol. The number of esters is 2. The quantitative estimate of drug-likeness (QED) is 0.0203. The summed E-state index contributed by atoms with van der Waals surface area (Å²) in [5.74, 6) is -0.944. The number of phosphoric acid groups is 1. The van der Waals surface area contributed by atoms with Gasteiger partial charge >= 0.3 is 19.8 Å². The Labute approximate surface area is 322 Å². The zero-order valence-corrected chi connectivity index (χ0v) is 34.4. The fraction of sp³-hybridized carbons (Fsp3) is 0.854. The summed E-state index contributed by atoms with van der Waals surface area (Å²) in [4.78, 5) is 34.8. The molecular formula is C41H78NO10P. The maximum absolute atomic E-state index is 12.6. The van der Waals surface area contributed by atoms with E-state index in [2.05, 4.69) is 32.1 Å². The molecule has 0 rings (SSSR count). The molecule has 5 N–H and O–H groups in total. The molecular weight excluding hydrogens is 697 g/mol. The summed E-state index contributed by atoms with van der Waals surface area (Å²) in [5.41, 5.74) is 5.33. The highest BCUT2D eigenvalue weighted by atomic mass is 31.2. The fourth-order valence-corrected chi connectivity index (χ4v) is 6.48. The smallest absolute Gasteiger partial charge is 0.462 e. The molecule has 0 saturated carbocycles. The van der Waals surface area contributed by atoms with E-state index in [1.165, 1.54) is 64.2 Å². The van der Waals surface area contributed by atoms with Gasteiger partial charge in [-0.1, -0.05) is 128 Å². The van der Waals surface area contributed by atoms with E-state index in [9.17, 15) is 29.3 Å². The van der Waals surface area contributed by atoms with Crippen molar-refractivity contribution in [2.75, 3.05) is 26.4 Å². The van der Waals surface area contributed by atoms with Crippen molar-refractivity contribution in [2.45, 2.75) is 199 Å². The van der Waals surface area contributed by atoms with Crippen LogP contribution in [0.1, 0.15) is 181 Å². The van der Waals surface area contributed by atoms with E-state index in [0.29, 0.717) is 25.7 Å². The molecule has 0 aliphatic carbocycles. The number of aliphatic hydroxyl groups excluding tert-OH is 2. The predicted octanol–water partition coefficient (Wildman–Crippen LogP) is 9.55. The van der Waals surface area contributed by atoms with E-state index in [4.69, 9.17) is 24.3 Å². The van der Waals surface area contributed by atoms with Crippen LogP contribution < -0.4 is 5.73 Å². The molecule has 0 radical (unpaired) electrons. The van der Waals surface area contributed by atoms with E-state index in [1.807, 2.05) is 6.08 Å². The molecule has 0 aromatic heterocycles. The number of nitrogens with two attached hydrogens (primary N) is 1. The molecule has 0 fully saturated rings. The second kappa shape index (κ2) is 37.3. The van der Waals surface area contributed by atoms with Crippen molar-refractivity contribution in [2.24, 2.45) is 5.73 Å². The molecule has 12 heteroatoms. The highest BCUT2D eigenvalue weighted by Gasteiger charge is 2.26. The van der Waals surface area contributed by atoms with Crippen LogP contribution in [0, 0.1) is 0 Å². The molecule has 0 amide bonds. The summed E-state index contributed by atoms with van der Waals surface area (Å²) in [7, 11) is -4.41. The second-order valence-electron chi connectivity index (χ2n) is 14.2. The van der Waals surface area contributed by atoms with Crippen molar-refractivity contribution < 1.29 is 47.8 Å². The number of rotatable bonds is 39. The molecule has 0 aliphatic heterocycles. The Kier molecular flexibility index (Phi) is 36.2. The van der Waals surface area contributed by atoms with Crippen LogP contribution in [-0.4, -0.2) is 71.7 Å². The van der Waals surface area contributed by atoms with Crippen LogP contribution >= 0.6 is 7.82 Å². The van der Waals surface area contributed by atoms with Gasteiger partial charge in [0.15, 0.2) is 6.10 Å². The number of aliphatic hydroxyl groups is 2. The standard InChI is InChI=1S/C41H78NO10P/c1-3-5-7-9-11-12-13-14-15-16-17-18-19-23-27-31-40(45)49-35-37(36-51-53(47,48)50-34-33-42)52-41(46)32-28-24-20-22-26-30-39(44)38(43)29-25-21-10-8-6-4-2/h12-13,21,25,37-39,43-44H,3-11,14-20,22-24,26-36,42H2,1-2H3,(H,47,48)/b13-12-,25-21-/t37-,38+,39+/m1/s1. The maximum atomic E-state index is 12.6. The van der Waals surface area contributed by atoms with Crippen molar-refractivity contribution in [1.82, 2.24) is 0 Å². The van der Waals surface area contributed by atoms with Crippen LogP contribution in [-0.2, 0) is 32.7 Å². The van der Waals surface area contributed by atoms with Crippen LogP contribution in [0.3, 0.4) is 0 Å². The van der Waals surface area contributed by atoms with E-state index >= 15 is 0 Å². The molecule has 0 bridgehead atoms. The lowest BCUT2D eigenvalue weighted by molar-refractivity contribution is -0.161. The number of carbonyl (C=O) groups excluding carboxylic acids is 2. The Hall–Kier alpha value is -1.59. The Morgan fingerprint density at radius 2 is 1.11 bits per heavy atom. The van der Waals surface area contributed by atoms with Crippen LogP contribution in [0.5, 0.6) is 0 Å². The molecule has 0 aromatic carbocycles. The minimum absolute atomic E-state index is 0.0280. The van der Waals surface area contributed by atoms with Gasteiger partial charge in [-0.15, -0.1) is 0 Å². The lowest BCUT2D eigenvalue weighted by atomic mass is 10.0. The molecule has 0 aromatic rings. The van der Waals surface area contributed by atoms with E-state index in [0.717, 1.165) is 64.2 Å². The molecule has 0 aliphatic rings. The third-order valence-electron chi connectivity index (χ3n) is 9.01. The zero-order chi connectivity index (χ0) is 39.3. The molecule has 0 spiro atoms. The van der Waals surface area contributed by atoms with Gasteiger partial charge in [-0.3, -0.25) is 18.6 Å². The normalized spacial score (nSPS) is 14.8. The van der Waals surface area contributed by atoms with Crippen LogP contribution in [0.15, 0.2) is 24.3 Å². The Bertz CT molecular complexity index is 963. The first-order valence-corrected chi connectivity index (χ1v) is 22.5. The van der Waals surface area contributed by atoms with Crippen molar-refractivity contribution in [3.05, 3.63) is 24.3 Å². The number of phosphoric ester groups is 1. The molecule has 312 valence electrons. The number of unbranched alkanes of at least 4 members (excludes halogenated alkanes) is 18. The Morgan fingerprint density at radius 3 is 1.72 bits per heavy atom. The Morgan fingerprint density at radius 1 is 0.623 bits per heavy atom. The highest BCUT2D eigenvalue weighted by Crippen LogP contribution is 2.43. The molecule has 11 nitrogen and oxygen atoms in total. The van der Waals surface area contributed by atoms with Gasteiger partial charge in [-0.25, -0.2) is 4.57 Å². The number of allylic oxidation sites excluding steroid dienone is 3. The van der Waals surface area contributed by atoms with Crippen LogP contribution in [0.25, 0.3) is 0 Å². The molecule has 4 atom stereocenters. The van der Waals surface area contributed by atoms with E-state index in [1.54, 1.807) is 0 Å². The number of ether oxygens (including phenoxy) is 2. The lowest BCUT2D eigenvalue weighted by Gasteiger charge is -2.20. The van der Waals surface area contributed by atoms with Crippen molar-refractivity contribution in [3.8, 4) is 0 Å². The second-order valence-corrected chi connectivity index (χ2v) is 15.6. The van der Waals surface area contributed by atoms with Gasteiger partial charge in [0, 0.05) is 19.4 Å². The van der Waals surface area contributed by atoms with Gasteiger partial charge in [-0.2, -0.15) is 0 Å². The zero-order valence-electron chi connectivity index (χ0n) is 33.5. The van der Waals surface area contributed by atoms with Gasteiger partial charge in [0.25, 0.3) is 0 Å². The maximum Gasteiger partial charge on any atom is 0.472 e. The van der Waals surface area contributed by atoms with Crippen LogP contribution in [0.2, 0.25) is 0 Å². The van der Waals surface area contributed by atoms with Gasteiger partial charge < -0.3 is 30.3 Å². The first kappa shape index (κ1) is 51.4. The van der Waals surface area contributed by atoms with E-state index < -0.39 is 44.7 Å². The Balaban J connectivity index is 4.30. The molecule has 53 heavy (non-hydrogen) atoms. The topological polar surface area (TPSA) is 175 Å². The first-order valence-electron chi connectivity index (χ1n) is 21.0. The van der Waals surface area contributed by atoms with Crippen molar-refractivity contribution in [3.63, 3.8) is 0 Å². The minimum atomic E-state index is -4.41. The molecule has 0 heterocycles. The van der Waals surface area contributed by atoms with Crippen molar-refractivity contribution in [1.29, 1.82) is 0 Å². The third kappa shape index (κ3) is 35.8. The largest absolute Gasteiger partial charge is 0.472 e. The summed E-state index contributed by atoms with van der Waals surface area (Å²) in [6.07, 6.45) is 30.8. The third-order valence-corrected chi connectivity index (χ3v) is 9.99. The molecule has 1 unspecified atom stereocenters. The molecule has 0 saturated heterocycles. The number of hydrogen-bond donors (Lipinski definition) is 4. The predicted molar refractivity (Wildman–Crippen MR) is 213 cm³/mol. The van der Waals surface area contributed by atoms with Crippen molar-refractivity contribution >= 4 is 19.8 Å². The van der Waals surface area contributed by atoms with E-state index in [-0.39, 0.29) is 32.6 Å². The summed E-state index contributed by atoms with van der Waals surface area (Å²) >= 11 is 0. The van der Waals surface area contributed by atoms with Crippen LogP contribution in [0.4, 0.5) is 0 Å². The van der Waals surface area contributed by atoms with Gasteiger partial charge in [0.2, 0.25) is 0 Å². The fourth-order valence-electron chi connectivity index (χ4n) is 5.71. The minimum Gasteiger partial charge on any atom is -0.462 e. The first-order chi connectivity index (χ1) is 25.6. The SMILES string of the molecule is CCCCC/C=C\C[C@H](O)[C@@H](O)CCCCCCCC(=O)O[C@H](COC(=O)CCCCCCCCC/C=C\CCCCCC)COP(=O)(O)OCCN. The number of carbonyl (C=O) groups is 2. The summed E-state index contributed by atoms with van der Waals surface area (Å²) in [6.45, 7) is 3.47. The lowest BCUT2D eigenvalue weighted by Crippen LogP contribution is -2.29. The number of hydrogen-bond acceptors (Lipinski definition) is 10. The summed E-state index contributed by atoms with van der Waals surface area (Å²) in [6, 6.07) is 0. The highest BCUT2D eigenvalue weighted by molar-refractivity contribution is 7.47. The van der Waals surface area contributed by atoms with Gasteiger partial charge in [0.05, 0.1) is 25.4 Å². The monoisotopic (exact) mass is 776 g/mol. The van der Waals surface area contributed by atoms with Gasteiger partial charge in [-0.05, 0) is 64.2 Å². The summed E-state index contributed by atoms with van der Waals surface area (Å²) < 4.78 is 32.6.